The van der Waals surface area contributed by atoms with Crippen molar-refractivity contribution in [1.29, 1.82) is 0 Å². The molecule has 0 fully saturated rings. The predicted octanol–water partition coefficient (Wildman–Crippen LogP) is 3.93. The minimum absolute atomic E-state index is 0. The molecule has 5 nitrogen and oxygen atoms in total. The van der Waals surface area contributed by atoms with Gasteiger partial charge < -0.3 is 10.1 Å². The first-order chi connectivity index (χ1) is 12.5. The van der Waals surface area contributed by atoms with Crippen LogP contribution in [0.1, 0.15) is 5.01 Å². The number of halogens is 2. The maximum Gasteiger partial charge on any atom is 0.218 e. The lowest BCUT2D eigenvalue weighted by Crippen LogP contribution is -2.04. The minimum Gasteiger partial charge on any atom is -0.497 e. The van der Waals surface area contributed by atoms with Gasteiger partial charge in [0.25, 0.3) is 0 Å². The summed E-state index contributed by atoms with van der Waals surface area (Å²) in [5, 5.41) is 3.50. The molecule has 0 amide bonds. The second kappa shape index (κ2) is 8.79. The van der Waals surface area contributed by atoms with E-state index in [1.165, 1.54) is 31.4 Å². The van der Waals surface area contributed by atoms with Gasteiger partial charge in [-0.3, -0.25) is 0 Å². The molecule has 0 saturated carbocycles. The topological polar surface area (TPSA) is 68.3 Å². The van der Waals surface area contributed by atoms with Crippen LogP contribution in [0, 0.1) is 5.82 Å². The monoisotopic (exact) mass is 428 g/mol. The lowest BCUT2D eigenvalue weighted by Gasteiger charge is -2.07. The fourth-order valence-electron chi connectivity index (χ4n) is 2.46. The minimum atomic E-state index is -3.88. The molecule has 3 aromatic rings. The molecule has 3 rings (SSSR count). The van der Waals surface area contributed by atoms with E-state index in [4.69, 9.17) is 4.74 Å². The normalized spacial score (nSPS) is 11.1. The van der Waals surface area contributed by atoms with Crippen molar-refractivity contribution in [3.63, 3.8) is 0 Å². The van der Waals surface area contributed by atoms with Crippen LogP contribution in [0.5, 0.6) is 5.75 Å². The van der Waals surface area contributed by atoms with Crippen molar-refractivity contribution in [2.75, 3.05) is 14.2 Å². The Balaban J connectivity index is 0.00000261. The van der Waals surface area contributed by atoms with Crippen LogP contribution < -0.4 is 10.1 Å². The van der Waals surface area contributed by atoms with Gasteiger partial charge in [-0.1, -0.05) is 18.2 Å². The number of nitrogens with one attached hydrogen (secondary N) is 1. The summed E-state index contributed by atoms with van der Waals surface area (Å²) in [5.74, 6) is -0.0885. The third-order valence-electron chi connectivity index (χ3n) is 3.69. The average Bonchev–Trinajstić information content (AvgIpc) is 3.07. The first-order valence-electron chi connectivity index (χ1n) is 7.75. The van der Waals surface area contributed by atoms with E-state index in [1.54, 1.807) is 31.3 Å². The van der Waals surface area contributed by atoms with Crippen molar-refractivity contribution in [2.24, 2.45) is 0 Å². The van der Waals surface area contributed by atoms with Crippen molar-refractivity contribution < 1.29 is 17.5 Å². The van der Waals surface area contributed by atoms with Gasteiger partial charge in [0, 0.05) is 12.1 Å². The second-order valence-corrected chi connectivity index (χ2v) is 8.66. The number of rotatable bonds is 6. The van der Waals surface area contributed by atoms with Gasteiger partial charge in [-0.2, -0.15) is 0 Å². The number of thiazole rings is 1. The van der Waals surface area contributed by atoms with Crippen LogP contribution in [0.25, 0.3) is 11.3 Å². The summed E-state index contributed by atoms with van der Waals surface area (Å²) in [4.78, 5) is 4.45. The quantitative estimate of drug-likeness (QED) is 0.644. The van der Waals surface area contributed by atoms with Crippen LogP contribution in [0.3, 0.4) is 0 Å². The fraction of sp³-hybridized carbons (Fsp3) is 0.167. The summed E-state index contributed by atoms with van der Waals surface area (Å²) in [6.07, 6.45) is 0. The number of nitrogens with zero attached hydrogens (tertiary/aromatic N) is 1. The first-order valence-corrected chi connectivity index (χ1v) is 10.1. The van der Waals surface area contributed by atoms with Crippen molar-refractivity contribution in [3.8, 4) is 17.0 Å². The summed E-state index contributed by atoms with van der Waals surface area (Å²) in [6, 6.07) is 12.2. The highest BCUT2D eigenvalue weighted by Crippen LogP contribution is 2.37. The molecule has 144 valence electrons. The SMILES string of the molecule is CNCc1nc(-c2ccccc2F)c(S(=O)(=O)c2cccc(OC)c2)s1.Cl. The molecule has 0 aliphatic carbocycles. The van der Waals surface area contributed by atoms with Gasteiger partial charge in [-0.05, 0) is 37.4 Å². The molecule has 1 heterocycles. The van der Waals surface area contributed by atoms with Crippen LogP contribution in [-0.4, -0.2) is 27.6 Å². The molecular formula is C18H18ClFN2O3S2. The largest absolute Gasteiger partial charge is 0.497 e. The Morgan fingerprint density at radius 2 is 1.93 bits per heavy atom. The average molecular weight is 429 g/mol. The summed E-state index contributed by atoms with van der Waals surface area (Å²) in [6.45, 7) is 0.389. The molecule has 0 saturated heterocycles. The molecule has 0 aliphatic heterocycles. The van der Waals surface area contributed by atoms with E-state index in [0.29, 0.717) is 17.3 Å². The Morgan fingerprint density at radius 1 is 1.19 bits per heavy atom. The van der Waals surface area contributed by atoms with Crippen LogP contribution in [-0.2, 0) is 16.4 Å². The smallest absolute Gasteiger partial charge is 0.218 e. The van der Waals surface area contributed by atoms with Crippen molar-refractivity contribution in [3.05, 3.63) is 59.4 Å². The maximum absolute atomic E-state index is 14.3. The van der Waals surface area contributed by atoms with Gasteiger partial charge >= 0.3 is 0 Å². The number of sulfone groups is 1. The number of hydrogen-bond donors (Lipinski definition) is 1. The zero-order chi connectivity index (χ0) is 18.7. The second-order valence-electron chi connectivity index (χ2n) is 5.44. The Morgan fingerprint density at radius 3 is 2.59 bits per heavy atom. The van der Waals surface area contributed by atoms with E-state index in [-0.39, 0.29) is 32.8 Å². The van der Waals surface area contributed by atoms with E-state index in [9.17, 15) is 12.8 Å². The standard InChI is InChI=1S/C18H17FN2O3S2.ClH/c1-20-11-16-21-17(14-8-3-4-9-15(14)19)18(25-16)26(22,23)13-7-5-6-12(10-13)24-2;/h3-10,20H,11H2,1-2H3;1H. The third-order valence-corrected chi connectivity index (χ3v) is 7.01. The maximum atomic E-state index is 14.3. The summed E-state index contributed by atoms with van der Waals surface area (Å²) < 4.78 is 45.8. The number of aromatic nitrogens is 1. The molecular weight excluding hydrogens is 411 g/mol. The number of hydrogen-bond acceptors (Lipinski definition) is 6. The first kappa shape index (κ1) is 21.3. The molecule has 0 radical (unpaired) electrons. The lowest BCUT2D eigenvalue weighted by atomic mass is 10.1. The van der Waals surface area contributed by atoms with Crippen LogP contribution in [0.2, 0.25) is 0 Å². The van der Waals surface area contributed by atoms with Gasteiger partial charge in [-0.25, -0.2) is 17.8 Å². The Hall–Kier alpha value is -2.00. The fourth-order valence-corrected chi connectivity index (χ4v) is 5.45. The molecule has 1 N–H and O–H groups in total. The van der Waals surface area contributed by atoms with Crippen molar-refractivity contribution >= 4 is 33.6 Å². The molecule has 9 heteroatoms. The van der Waals surface area contributed by atoms with Gasteiger partial charge in [0.15, 0.2) is 4.21 Å². The highest BCUT2D eigenvalue weighted by molar-refractivity contribution is 7.93. The van der Waals surface area contributed by atoms with Crippen LogP contribution >= 0.6 is 23.7 Å². The molecule has 0 aliphatic rings. The molecule has 0 bridgehead atoms. The van der Waals surface area contributed by atoms with E-state index < -0.39 is 15.7 Å². The van der Waals surface area contributed by atoms with E-state index in [1.807, 2.05) is 0 Å². The van der Waals surface area contributed by atoms with Crippen molar-refractivity contribution in [1.82, 2.24) is 10.3 Å². The highest BCUT2D eigenvalue weighted by atomic mass is 35.5. The predicted molar refractivity (Wildman–Crippen MR) is 106 cm³/mol. The Kier molecular flexibility index (Phi) is 6.94. The molecule has 0 spiro atoms. The summed E-state index contributed by atoms with van der Waals surface area (Å²) in [7, 11) is -0.680. The molecule has 0 atom stereocenters. The third kappa shape index (κ3) is 4.30. The van der Waals surface area contributed by atoms with Gasteiger partial charge in [-0.15, -0.1) is 23.7 Å². The Bertz CT molecular complexity index is 1040. The van der Waals surface area contributed by atoms with Crippen LogP contribution in [0.15, 0.2) is 57.6 Å². The zero-order valence-corrected chi connectivity index (χ0v) is 17.1. The number of ether oxygens (including phenoxy) is 1. The van der Waals surface area contributed by atoms with E-state index in [2.05, 4.69) is 10.3 Å². The molecule has 1 aromatic heterocycles. The zero-order valence-electron chi connectivity index (χ0n) is 14.6. The lowest BCUT2D eigenvalue weighted by molar-refractivity contribution is 0.413. The van der Waals surface area contributed by atoms with Gasteiger partial charge in [0.05, 0.1) is 12.0 Å². The number of benzene rings is 2. The Labute approximate surface area is 167 Å². The van der Waals surface area contributed by atoms with Gasteiger partial charge in [0.2, 0.25) is 9.84 Å². The van der Waals surface area contributed by atoms with E-state index >= 15 is 0 Å². The number of methoxy groups -OCH3 is 1. The summed E-state index contributed by atoms with van der Waals surface area (Å²) in [5.41, 5.74) is 0.286. The molecule has 27 heavy (non-hydrogen) atoms. The van der Waals surface area contributed by atoms with Crippen molar-refractivity contribution in [2.45, 2.75) is 15.6 Å². The van der Waals surface area contributed by atoms with Gasteiger partial charge in [0.1, 0.15) is 22.3 Å². The molecule has 0 unspecified atom stereocenters. The molecule has 2 aromatic carbocycles. The van der Waals surface area contributed by atoms with Crippen LogP contribution in [0.4, 0.5) is 4.39 Å². The highest BCUT2D eigenvalue weighted by Gasteiger charge is 2.28. The van der Waals surface area contributed by atoms with E-state index in [0.717, 1.165) is 11.3 Å². The summed E-state index contributed by atoms with van der Waals surface area (Å²) >= 11 is 1.03.